The van der Waals surface area contributed by atoms with Crippen LogP contribution >= 0.6 is 0 Å². The van der Waals surface area contributed by atoms with Crippen LogP contribution in [0.5, 0.6) is 17.2 Å². The highest BCUT2D eigenvalue weighted by atomic mass is 16.5. The molecule has 2 aromatic carbocycles. The topological polar surface area (TPSA) is 58.4 Å². The van der Waals surface area contributed by atoms with E-state index in [-0.39, 0.29) is 5.92 Å². The molecular formula is C19H19N3O3. The number of aromatic nitrogens is 3. The van der Waals surface area contributed by atoms with Crippen LogP contribution < -0.4 is 14.2 Å². The molecule has 0 unspecified atom stereocenters. The quantitative estimate of drug-likeness (QED) is 0.732. The van der Waals surface area contributed by atoms with Gasteiger partial charge in [0.1, 0.15) is 41.2 Å². The summed E-state index contributed by atoms with van der Waals surface area (Å²) in [6, 6.07) is 13.7. The highest BCUT2D eigenvalue weighted by Crippen LogP contribution is 2.40. The molecular weight excluding hydrogens is 318 g/mol. The minimum Gasteiger partial charge on any atom is -0.494 e. The van der Waals surface area contributed by atoms with Crippen LogP contribution in [0.3, 0.4) is 0 Å². The third kappa shape index (κ3) is 2.41. The lowest BCUT2D eigenvalue weighted by molar-refractivity contribution is 0.338. The number of benzene rings is 2. The van der Waals surface area contributed by atoms with E-state index < -0.39 is 0 Å². The zero-order valence-electron chi connectivity index (χ0n) is 14.4. The van der Waals surface area contributed by atoms with Crippen LogP contribution in [0.25, 0.3) is 5.69 Å². The molecule has 2 heterocycles. The fraction of sp³-hybridized carbons (Fsp3) is 0.263. The minimum absolute atomic E-state index is 0.00650. The van der Waals surface area contributed by atoms with E-state index in [0.29, 0.717) is 18.1 Å². The summed E-state index contributed by atoms with van der Waals surface area (Å²) in [5.74, 6) is 3.89. The Morgan fingerprint density at radius 3 is 2.44 bits per heavy atom. The van der Waals surface area contributed by atoms with E-state index in [1.165, 1.54) is 0 Å². The summed E-state index contributed by atoms with van der Waals surface area (Å²) in [6.07, 6.45) is 0. The summed E-state index contributed by atoms with van der Waals surface area (Å²) < 4.78 is 19.0. The van der Waals surface area contributed by atoms with Gasteiger partial charge in [0.05, 0.1) is 20.1 Å². The largest absolute Gasteiger partial charge is 0.494 e. The summed E-state index contributed by atoms with van der Waals surface area (Å²) >= 11 is 0. The second-order valence-corrected chi connectivity index (χ2v) is 5.85. The van der Waals surface area contributed by atoms with Crippen molar-refractivity contribution in [1.29, 1.82) is 0 Å². The van der Waals surface area contributed by atoms with Crippen molar-refractivity contribution in [2.75, 3.05) is 20.8 Å². The highest BCUT2D eigenvalue weighted by Gasteiger charge is 2.32. The summed E-state index contributed by atoms with van der Waals surface area (Å²) in [6.45, 7) is 2.46. The first kappa shape index (κ1) is 15.5. The molecule has 0 spiro atoms. The van der Waals surface area contributed by atoms with Gasteiger partial charge in [0, 0.05) is 5.56 Å². The van der Waals surface area contributed by atoms with Crippen molar-refractivity contribution in [1.82, 2.24) is 14.8 Å². The van der Waals surface area contributed by atoms with E-state index >= 15 is 0 Å². The van der Waals surface area contributed by atoms with Crippen LogP contribution in [0.15, 0.2) is 42.5 Å². The third-order valence-electron chi connectivity index (χ3n) is 4.49. The van der Waals surface area contributed by atoms with Crippen molar-refractivity contribution in [2.45, 2.75) is 12.8 Å². The van der Waals surface area contributed by atoms with Gasteiger partial charge in [0.2, 0.25) is 0 Å². The van der Waals surface area contributed by atoms with Crippen LogP contribution in [0.1, 0.15) is 23.1 Å². The van der Waals surface area contributed by atoms with E-state index in [1.807, 2.05) is 47.9 Å². The molecule has 3 aromatic rings. The lowest BCUT2D eigenvalue weighted by Crippen LogP contribution is -2.13. The van der Waals surface area contributed by atoms with Gasteiger partial charge >= 0.3 is 0 Å². The maximum atomic E-state index is 5.84. The van der Waals surface area contributed by atoms with Crippen molar-refractivity contribution in [3.63, 3.8) is 0 Å². The molecule has 1 aromatic heterocycles. The number of hydrogen-bond acceptors (Lipinski definition) is 5. The molecule has 0 fully saturated rings. The van der Waals surface area contributed by atoms with Crippen molar-refractivity contribution < 1.29 is 14.2 Å². The molecule has 25 heavy (non-hydrogen) atoms. The molecule has 1 aliphatic rings. The molecule has 0 saturated carbocycles. The van der Waals surface area contributed by atoms with Crippen LogP contribution in [-0.4, -0.2) is 35.6 Å². The van der Waals surface area contributed by atoms with Crippen LogP contribution in [0.4, 0.5) is 0 Å². The van der Waals surface area contributed by atoms with Gasteiger partial charge in [0.15, 0.2) is 0 Å². The number of aryl methyl sites for hydroxylation is 1. The van der Waals surface area contributed by atoms with Crippen molar-refractivity contribution >= 4 is 0 Å². The summed E-state index contributed by atoms with van der Waals surface area (Å²) in [7, 11) is 3.29. The molecule has 1 aliphatic heterocycles. The van der Waals surface area contributed by atoms with Crippen LogP contribution in [-0.2, 0) is 0 Å². The Bertz CT molecular complexity index is 898. The number of ether oxygens (including phenoxy) is 3. The zero-order chi connectivity index (χ0) is 17.4. The van der Waals surface area contributed by atoms with E-state index in [2.05, 4.69) is 16.3 Å². The second kappa shape index (κ2) is 6.12. The molecule has 1 atom stereocenters. The average Bonchev–Trinajstić information content (AvgIpc) is 3.24. The second-order valence-electron chi connectivity index (χ2n) is 5.85. The average molecular weight is 337 g/mol. The van der Waals surface area contributed by atoms with Gasteiger partial charge in [-0.1, -0.05) is 24.3 Å². The first-order valence-corrected chi connectivity index (χ1v) is 8.09. The van der Waals surface area contributed by atoms with Crippen LogP contribution in [0, 0.1) is 6.92 Å². The molecule has 0 N–H and O–H groups in total. The zero-order valence-corrected chi connectivity index (χ0v) is 14.4. The molecule has 0 amide bonds. The minimum atomic E-state index is 0.00650. The first-order valence-electron chi connectivity index (χ1n) is 8.09. The first-order chi connectivity index (χ1) is 12.2. The van der Waals surface area contributed by atoms with Gasteiger partial charge in [-0.05, 0) is 25.1 Å². The van der Waals surface area contributed by atoms with Gasteiger partial charge in [-0.2, -0.15) is 0 Å². The molecule has 128 valence electrons. The standard InChI is InChI=1S/C19H19N3O3/c1-12-20-21-19(14-11-25-15-8-5-4-7-13(14)15)22(12)18-16(23-2)9-6-10-17(18)24-3/h4-10,14H,11H2,1-3H3/t14-/m0/s1. The predicted octanol–water partition coefficient (Wildman–Crippen LogP) is 3.12. The van der Waals surface area contributed by atoms with E-state index in [1.54, 1.807) is 14.2 Å². The maximum absolute atomic E-state index is 5.84. The van der Waals surface area contributed by atoms with E-state index in [9.17, 15) is 0 Å². The third-order valence-corrected chi connectivity index (χ3v) is 4.49. The van der Waals surface area contributed by atoms with Gasteiger partial charge in [-0.25, -0.2) is 0 Å². The van der Waals surface area contributed by atoms with Crippen molar-refractivity contribution in [2.24, 2.45) is 0 Å². The van der Waals surface area contributed by atoms with Crippen LogP contribution in [0.2, 0.25) is 0 Å². The molecule has 6 nitrogen and oxygen atoms in total. The number of hydrogen-bond donors (Lipinski definition) is 0. The van der Waals surface area contributed by atoms with Gasteiger partial charge in [0.25, 0.3) is 0 Å². The van der Waals surface area contributed by atoms with Gasteiger partial charge in [-0.15, -0.1) is 10.2 Å². The van der Waals surface area contributed by atoms with Crippen molar-refractivity contribution in [3.05, 3.63) is 59.7 Å². The highest BCUT2D eigenvalue weighted by molar-refractivity contribution is 5.59. The van der Waals surface area contributed by atoms with Gasteiger partial charge < -0.3 is 14.2 Å². The molecule has 0 aliphatic carbocycles. The number of rotatable bonds is 4. The Kier molecular flexibility index (Phi) is 3.80. The number of fused-ring (bicyclic) bond motifs is 1. The SMILES string of the molecule is COc1cccc(OC)c1-n1c(C)nnc1[C@H]1COc2ccccc21. The summed E-state index contributed by atoms with van der Waals surface area (Å²) in [4.78, 5) is 0. The Morgan fingerprint density at radius 2 is 1.72 bits per heavy atom. The predicted molar refractivity (Wildman–Crippen MR) is 93.0 cm³/mol. The van der Waals surface area contributed by atoms with Crippen molar-refractivity contribution in [3.8, 4) is 22.9 Å². The Balaban J connectivity index is 1.91. The molecule has 4 rings (SSSR count). The smallest absolute Gasteiger partial charge is 0.149 e. The van der Waals surface area contributed by atoms with Gasteiger partial charge in [-0.3, -0.25) is 4.57 Å². The normalized spacial score (nSPS) is 15.6. The number of nitrogens with zero attached hydrogens (tertiary/aromatic N) is 3. The fourth-order valence-electron chi connectivity index (χ4n) is 3.31. The number of para-hydroxylation sites is 2. The Hall–Kier alpha value is -3.02. The monoisotopic (exact) mass is 337 g/mol. The maximum Gasteiger partial charge on any atom is 0.149 e. The van der Waals surface area contributed by atoms with E-state index in [0.717, 1.165) is 28.6 Å². The Labute approximate surface area is 146 Å². The summed E-state index contributed by atoms with van der Waals surface area (Å²) in [5.41, 5.74) is 1.92. The summed E-state index contributed by atoms with van der Waals surface area (Å²) in [5, 5.41) is 8.75. The molecule has 0 saturated heterocycles. The van der Waals surface area contributed by atoms with E-state index in [4.69, 9.17) is 14.2 Å². The molecule has 6 heteroatoms. The lowest BCUT2D eigenvalue weighted by atomic mass is 10.0. The molecule has 0 radical (unpaired) electrons. The lowest BCUT2D eigenvalue weighted by Gasteiger charge is -2.18. The number of methoxy groups -OCH3 is 2. The fourth-order valence-corrected chi connectivity index (χ4v) is 3.31. The molecule has 0 bridgehead atoms. The Morgan fingerprint density at radius 1 is 1.00 bits per heavy atom.